The van der Waals surface area contributed by atoms with Gasteiger partial charge >= 0.3 is 5.97 Å². The Balaban J connectivity index is 2.28. The van der Waals surface area contributed by atoms with E-state index in [2.05, 4.69) is 5.32 Å². The number of rotatable bonds is 4. The molecule has 1 atom stereocenters. The van der Waals surface area contributed by atoms with Gasteiger partial charge in [0.05, 0.1) is 0 Å². The summed E-state index contributed by atoms with van der Waals surface area (Å²) in [6.07, 6.45) is 6.47. The lowest BCUT2D eigenvalue weighted by molar-refractivity contribution is -0.145. The highest BCUT2D eigenvalue weighted by Crippen LogP contribution is 2.31. The predicted molar refractivity (Wildman–Crippen MR) is 79.4 cm³/mol. The zero-order valence-electron chi connectivity index (χ0n) is 12.3. The van der Waals surface area contributed by atoms with E-state index in [1.54, 1.807) is 6.92 Å². The lowest BCUT2D eigenvalue weighted by Gasteiger charge is -2.32. The van der Waals surface area contributed by atoms with Crippen LogP contribution in [0.3, 0.4) is 0 Å². The van der Waals surface area contributed by atoms with Gasteiger partial charge in [-0.1, -0.05) is 25.7 Å². The Hall–Kier alpha value is -1.75. The number of aliphatic carboxylic acids is 1. The number of carbonyl (C=O) groups is 1. The maximum atomic E-state index is 11.8. The zero-order chi connectivity index (χ0) is 15.5. The van der Waals surface area contributed by atoms with Gasteiger partial charge in [0, 0.05) is 12.1 Å². The van der Waals surface area contributed by atoms with Crippen molar-refractivity contribution < 1.29 is 20.1 Å². The van der Waals surface area contributed by atoms with Gasteiger partial charge in [-0.05, 0) is 37.5 Å². The van der Waals surface area contributed by atoms with E-state index in [4.69, 9.17) is 0 Å². The first-order valence-electron chi connectivity index (χ1n) is 7.46. The fourth-order valence-corrected chi connectivity index (χ4v) is 2.98. The van der Waals surface area contributed by atoms with E-state index in [1.807, 2.05) is 0 Å². The summed E-state index contributed by atoms with van der Waals surface area (Å²) in [6.45, 7) is 1.58. The van der Waals surface area contributed by atoms with Crippen molar-refractivity contribution >= 4 is 5.97 Å². The molecule has 0 aromatic heterocycles. The molecule has 0 aliphatic heterocycles. The van der Waals surface area contributed by atoms with Crippen molar-refractivity contribution in [2.24, 2.45) is 0 Å². The summed E-state index contributed by atoms with van der Waals surface area (Å²) in [5, 5.41) is 32.1. The van der Waals surface area contributed by atoms with Crippen LogP contribution >= 0.6 is 0 Å². The molecule has 1 fully saturated rings. The van der Waals surface area contributed by atoms with Crippen molar-refractivity contribution in [3.8, 4) is 11.5 Å². The summed E-state index contributed by atoms with van der Waals surface area (Å²) in [4.78, 5) is 11.8. The van der Waals surface area contributed by atoms with Crippen molar-refractivity contribution in [1.29, 1.82) is 0 Å². The third-order valence-corrected chi connectivity index (χ3v) is 4.26. The lowest BCUT2D eigenvalue weighted by Crippen LogP contribution is -2.51. The van der Waals surface area contributed by atoms with Gasteiger partial charge in [-0.2, -0.15) is 0 Å². The largest absolute Gasteiger partial charge is 0.508 e. The molecule has 0 bridgehead atoms. The zero-order valence-corrected chi connectivity index (χ0v) is 12.3. The molecular weight excluding hydrogens is 270 g/mol. The minimum absolute atomic E-state index is 0.137. The Morgan fingerprint density at radius 1 is 1.10 bits per heavy atom. The molecule has 0 heterocycles. The molecule has 21 heavy (non-hydrogen) atoms. The smallest absolute Gasteiger partial charge is 0.328 e. The van der Waals surface area contributed by atoms with E-state index >= 15 is 0 Å². The molecule has 5 nitrogen and oxygen atoms in total. The van der Waals surface area contributed by atoms with Crippen molar-refractivity contribution in [3.63, 3.8) is 0 Å². The van der Waals surface area contributed by atoms with E-state index in [-0.39, 0.29) is 17.5 Å². The number of nitrogens with one attached hydrogen (secondary N) is 1. The Kier molecular flexibility index (Phi) is 4.73. The maximum absolute atomic E-state index is 11.8. The van der Waals surface area contributed by atoms with Gasteiger partial charge in [0.15, 0.2) is 0 Å². The number of aromatic hydroxyl groups is 2. The number of phenolic OH excluding ortho intramolecular Hbond substituents is 2. The number of hydrogen-bond donors (Lipinski definition) is 4. The molecular formula is C16H23NO4. The molecule has 0 spiro atoms. The molecule has 5 heteroatoms. The van der Waals surface area contributed by atoms with Crippen LogP contribution in [0.1, 0.15) is 51.0 Å². The normalized spacial score (nSPS) is 19.7. The third kappa shape index (κ3) is 3.67. The van der Waals surface area contributed by atoms with Crippen LogP contribution in [-0.4, -0.2) is 27.3 Å². The maximum Gasteiger partial charge on any atom is 0.328 e. The Labute approximate surface area is 124 Å². The first-order chi connectivity index (χ1) is 9.91. The summed E-state index contributed by atoms with van der Waals surface area (Å²) >= 11 is 0. The Morgan fingerprint density at radius 3 is 2.10 bits per heavy atom. The van der Waals surface area contributed by atoms with E-state index < -0.39 is 11.5 Å². The summed E-state index contributed by atoms with van der Waals surface area (Å²) in [6, 6.07) is 4.10. The monoisotopic (exact) mass is 293 g/mol. The van der Waals surface area contributed by atoms with Crippen LogP contribution in [0.15, 0.2) is 18.2 Å². The summed E-state index contributed by atoms with van der Waals surface area (Å²) in [5.74, 6) is -1.29. The van der Waals surface area contributed by atoms with Crippen molar-refractivity contribution in [2.45, 2.75) is 57.0 Å². The van der Waals surface area contributed by atoms with Gasteiger partial charge in [0.2, 0.25) is 0 Å². The topological polar surface area (TPSA) is 89.8 Å². The fourth-order valence-electron chi connectivity index (χ4n) is 2.98. The number of carboxylic acid groups (broad SMARTS) is 1. The summed E-state index contributed by atoms with van der Waals surface area (Å²) in [5.41, 5.74) is -0.970. The van der Waals surface area contributed by atoms with Crippen molar-refractivity contribution in [2.75, 3.05) is 0 Å². The third-order valence-electron chi connectivity index (χ3n) is 4.26. The quantitative estimate of drug-likeness (QED) is 0.641. The van der Waals surface area contributed by atoms with Crippen LogP contribution in [0.2, 0.25) is 0 Å². The minimum Gasteiger partial charge on any atom is -0.508 e. The van der Waals surface area contributed by atoms with E-state index in [1.165, 1.54) is 31.0 Å². The lowest BCUT2D eigenvalue weighted by atomic mass is 9.89. The van der Waals surface area contributed by atoms with Crippen LogP contribution < -0.4 is 5.32 Å². The highest BCUT2D eigenvalue weighted by molar-refractivity contribution is 5.80. The average molecular weight is 293 g/mol. The molecule has 1 unspecified atom stereocenters. The molecule has 116 valence electrons. The molecule has 0 amide bonds. The van der Waals surface area contributed by atoms with Crippen LogP contribution in [0.4, 0.5) is 0 Å². The molecule has 1 aliphatic carbocycles. The number of phenols is 2. The van der Waals surface area contributed by atoms with Gasteiger partial charge in [0.25, 0.3) is 0 Å². The minimum atomic E-state index is -1.33. The van der Waals surface area contributed by atoms with E-state index in [0.29, 0.717) is 5.56 Å². The first kappa shape index (κ1) is 15.6. The highest BCUT2D eigenvalue weighted by atomic mass is 16.4. The van der Waals surface area contributed by atoms with Crippen LogP contribution in [0, 0.1) is 0 Å². The molecule has 1 aromatic carbocycles. The van der Waals surface area contributed by atoms with Crippen molar-refractivity contribution in [3.05, 3.63) is 23.8 Å². The Morgan fingerprint density at radius 2 is 1.62 bits per heavy atom. The van der Waals surface area contributed by atoms with Gasteiger partial charge in [-0.25, -0.2) is 4.79 Å². The van der Waals surface area contributed by atoms with E-state index in [9.17, 15) is 20.1 Å². The fraction of sp³-hybridized carbons (Fsp3) is 0.562. The second kappa shape index (κ2) is 6.35. The van der Waals surface area contributed by atoms with Gasteiger partial charge in [-0.3, -0.25) is 5.32 Å². The summed E-state index contributed by atoms with van der Waals surface area (Å²) in [7, 11) is 0. The van der Waals surface area contributed by atoms with Crippen LogP contribution in [-0.2, 0) is 10.3 Å². The number of carboxylic acids is 1. The number of hydrogen-bond acceptors (Lipinski definition) is 4. The average Bonchev–Trinajstić information content (AvgIpc) is 2.65. The van der Waals surface area contributed by atoms with Gasteiger partial charge in [-0.15, -0.1) is 0 Å². The van der Waals surface area contributed by atoms with Gasteiger partial charge < -0.3 is 15.3 Å². The SMILES string of the molecule is CC(NC1CCCCCC1)(C(=O)O)c1cc(O)cc(O)c1. The molecule has 2 rings (SSSR count). The molecule has 0 radical (unpaired) electrons. The first-order valence-corrected chi connectivity index (χ1v) is 7.46. The van der Waals surface area contributed by atoms with Crippen molar-refractivity contribution in [1.82, 2.24) is 5.32 Å². The van der Waals surface area contributed by atoms with Gasteiger partial charge in [0.1, 0.15) is 17.0 Å². The molecule has 1 aromatic rings. The standard InChI is InChI=1S/C16H23NO4/c1-16(15(20)21,11-8-13(18)10-14(19)9-11)17-12-6-4-2-3-5-7-12/h8-10,12,17-19H,2-7H2,1H3,(H,20,21). The molecule has 0 saturated heterocycles. The van der Waals surface area contributed by atoms with Crippen LogP contribution in [0.5, 0.6) is 11.5 Å². The second-order valence-corrected chi connectivity index (χ2v) is 6.00. The molecule has 4 N–H and O–H groups in total. The summed E-state index contributed by atoms with van der Waals surface area (Å²) < 4.78 is 0. The molecule has 1 saturated carbocycles. The highest BCUT2D eigenvalue weighted by Gasteiger charge is 2.37. The second-order valence-electron chi connectivity index (χ2n) is 6.00. The Bertz CT molecular complexity index is 489. The van der Waals surface area contributed by atoms with E-state index in [0.717, 1.165) is 25.7 Å². The van der Waals surface area contributed by atoms with Crippen LogP contribution in [0.25, 0.3) is 0 Å². The number of benzene rings is 1. The predicted octanol–water partition coefficient (Wildman–Crippen LogP) is 2.71. The molecule has 1 aliphatic rings.